The molecule has 0 aliphatic heterocycles. The van der Waals surface area contributed by atoms with Crippen LogP contribution in [0.4, 0.5) is 0 Å². The quantitative estimate of drug-likeness (QED) is 0.706. The van der Waals surface area contributed by atoms with E-state index in [0.717, 1.165) is 12.4 Å². The third kappa shape index (κ3) is 2.21. The number of rotatable bonds is 2. The molecule has 1 radical (unpaired) electrons. The van der Waals surface area contributed by atoms with Gasteiger partial charge in [-0.1, -0.05) is 0 Å². The van der Waals surface area contributed by atoms with Crippen LogP contribution in [0.3, 0.4) is 0 Å². The molecular weight excluding hydrogens is 240 g/mol. The number of benzene rings is 1. The van der Waals surface area contributed by atoms with Gasteiger partial charge in [0.05, 0.1) is 0 Å². The van der Waals surface area contributed by atoms with E-state index in [-0.39, 0.29) is 0 Å². The zero-order valence-corrected chi connectivity index (χ0v) is 8.16. The van der Waals surface area contributed by atoms with E-state index < -0.39 is 0 Å². The first kappa shape index (κ1) is 7.91. The Kier molecular flexibility index (Phi) is 3.05. The van der Waals surface area contributed by atoms with E-state index in [1.165, 1.54) is 3.61 Å². The van der Waals surface area contributed by atoms with Gasteiger partial charge in [0.15, 0.2) is 0 Å². The summed E-state index contributed by atoms with van der Waals surface area (Å²) in [5, 5.41) is 0. The van der Waals surface area contributed by atoms with Crippen molar-refractivity contribution >= 4 is 25.9 Å². The van der Waals surface area contributed by atoms with Crippen LogP contribution in [0.1, 0.15) is 6.92 Å². The Hall–Kier alpha value is -0.190. The van der Waals surface area contributed by atoms with Crippen LogP contribution in [0.5, 0.6) is 5.75 Å². The molecule has 0 N–H and O–H groups in total. The summed E-state index contributed by atoms with van der Waals surface area (Å²) in [6.07, 6.45) is 0. The van der Waals surface area contributed by atoms with E-state index in [9.17, 15) is 0 Å². The van der Waals surface area contributed by atoms with Crippen LogP contribution in [0.15, 0.2) is 24.3 Å². The van der Waals surface area contributed by atoms with E-state index in [0.29, 0.717) is 0 Å². The molecule has 0 amide bonds. The SMILES string of the molecule is CCOc1ccc([Te])cc1. The Morgan fingerprint density at radius 3 is 2.40 bits per heavy atom. The van der Waals surface area contributed by atoms with Crippen molar-refractivity contribution in [3.8, 4) is 5.75 Å². The molecule has 1 aromatic carbocycles. The van der Waals surface area contributed by atoms with Crippen molar-refractivity contribution in [3.05, 3.63) is 24.3 Å². The predicted octanol–water partition coefficient (Wildman–Crippen LogP) is 0.879. The molecule has 0 spiro atoms. The third-order valence-electron chi connectivity index (χ3n) is 1.13. The van der Waals surface area contributed by atoms with Crippen molar-refractivity contribution in [1.29, 1.82) is 0 Å². The van der Waals surface area contributed by atoms with Crippen molar-refractivity contribution in [3.63, 3.8) is 0 Å². The van der Waals surface area contributed by atoms with Crippen molar-refractivity contribution in [2.75, 3.05) is 6.61 Å². The molecule has 0 unspecified atom stereocenters. The van der Waals surface area contributed by atoms with Gasteiger partial charge in [-0.25, -0.2) is 0 Å². The summed E-state index contributed by atoms with van der Waals surface area (Å²) in [5.74, 6) is 0.954. The average molecular weight is 249 g/mol. The van der Waals surface area contributed by atoms with E-state index in [2.05, 4.69) is 12.1 Å². The summed E-state index contributed by atoms with van der Waals surface area (Å²) >= 11 is 2.00. The van der Waals surface area contributed by atoms with E-state index in [4.69, 9.17) is 4.74 Å². The fraction of sp³-hybridized carbons (Fsp3) is 0.250. The summed E-state index contributed by atoms with van der Waals surface area (Å²) in [5.41, 5.74) is 0. The predicted molar refractivity (Wildman–Crippen MR) is 43.0 cm³/mol. The summed E-state index contributed by atoms with van der Waals surface area (Å²) in [7, 11) is 0. The van der Waals surface area contributed by atoms with Gasteiger partial charge >= 0.3 is 74.2 Å². The molecule has 0 aliphatic carbocycles. The normalized spacial score (nSPS) is 9.30. The molecule has 0 fully saturated rings. The number of hydrogen-bond acceptors (Lipinski definition) is 1. The second kappa shape index (κ2) is 3.85. The number of hydrogen-bond donors (Lipinski definition) is 0. The Bertz CT molecular complexity index is 193. The monoisotopic (exact) mass is 251 g/mol. The van der Waals surface area contributed by atoms with Gasteiger partial charge in [0.2, 0.25) is 0 Å². The van der Waals surface area contributed by atoms with Crippen LogP contribution in [-0.2, 0) is 0 Å². The molecule has 0 atom stereocenters. The molecule has 10 heavy (non-hydrogen) atoms. The third-order valence-corrected chi connectivity index (χ3v) is 1.91. The Labute approximate surface area is 74.3 Å². The first-order valence-corrected chi connectivity index (χ1v) is 4.39. The average Bonchev–Trinajstić information content (AvgIpc) is 1.95. The topological polar surface area (TPSA) is 9.23 Å². The van der Waals surface area contributed by atoms with Crippen LogP contribution < -0.4 is 8.35 Å². The summed E-state index contributed by atoms with van der Waals surface area (Å²) in [6.45, 7) is 2.73. The zero-order valence-electron chi connectivity index (χ0n) is 5.83. The molecule has 0 saturated carbocycles. The van der Waals surface area contributed by atoms with Crippen LogP contribution in [0, 0.1) is 0 Å². The van der Waals surface area contributed by atoms with Gasteiger partial charge in [0, 0.05) is 0 Å². The van der Waals surface area contributed by atoms with Gasteiger partial charge in [-0.3, -0.25) is 0 Å². The molecule has 1 rings (SSSR count). The molecule has 0 aliphatic rings. The van der Waals surface area contributed by atoms with E-state index in [1.54, 1.807) is 0 Å². The summed E-state index contributed by atoms with van der Waals surface area (Å²) in [4.78, 5) is 0. The van der Waals surface area contributed by atoms with Gasteiger partial charge in [-0.2, -0.15) is 0 Å². The maximum absolute atomic E-state index is 5.26. The van der Waals surface area contributed by atoms with Crippen LogP contribution in [0.25, 0.3) is 0 Å². The molecule has 53 valence electrons. The molecule has 0 saturated heterocycles. The van der Waals surface area contributed by atoms with Gasteiger partial charge in [0.1, 0.15) is 0 Å². The summed E-state index contributed by atoms with van der Waals surface area (Å²) < 4.78 is 6.54. The minimum atomic E-state index is 0.740. The molecule has 1 aromatic rings. The van der Waals surface area contributed by atoms with Gasteiger partial charge in [-0.15, -0.1) is 0 Å². The molecule has 0 heterocycles. The Morgan fingerprint density at radius 1 is 1.30 bits per heavy atom. The van der Waals surface area contributed by atoms with Gasteiger partial charge < -0.3 is 0 Å². The zero-order chi connectivity index (χ0) is 7.40. The number of ether oxygens (including phenoxy) is 1. The van der Waals surface area contributed by atoms with Crippen LogP contribution >= 0.6 is 0 Å². The second-order valence-corrected chi connectivity index (χ2v) is 3.25. The van der Waals surface area contributed by atoms with Crippen molar-refractivity contribution < 1.29 is 4.74 Å². The molecular formula is C8H9OTe. The van der Waals surface area contributed by atoms with Crippen LogP contribution in [-0.4, -0.2) is 28.9 Å². The Balaban J connectivity index is 2.69. The van der Waals surface area contributed by atoms with Gasteiger partial charge in [-0.05, 0) is 0 Å². The van der Waals surface area contributed by atoms with Gasteiger partial charge in [0.25, 0.3) is 0 Å². The first-order valence-electron chi connectivity index (χ1n) is 3.23. The molecule has 1 nitrogen and oxygen atoms in total. The fourth-order valence-corrected chi connectivity index (χ4v) is 1.09. The first-order chi connectivity index (χ1) is 4.83. The summed E-state index contributed by atoms with van der Waals surface area (Å²) in [6, 6.07) is 8.08. The Morgan fingerprint density at radius 2 is 1.90 bits per heavy atom. The van der Waals surface area contributed by atoms with E-state index >= 15 is 0 Å². The molecule has 0 aromatic heterocycles. The van der Waals surface area contributed by atoms with Crippen LogP contribution in [0.2, 0.25) is 0 Å². The minimum absolute atomic E-state index is 0.740. The second-order valence-electron chi connectivity index (χ2n) is 1.90. The fourth-order valence-electron chi connectivity index (χ4n) is 0.703. The standard InChI is InChI=1S/C8H9OTe/c1-2-9-7-3-5-8(10)6-4-7/h3-6H,2H2,1H3. The van der Waals surface area contributed by atoms with Crippen molar-refractivity contribution in [2.45, 2.75) is 6.92 Å². The molecule has 0 bridgehead atoms. The maximum atomic E-state index is 5.26. The van der Waals surface area contributed by atoms with E-state index in [1.807, 2.05) is 41.4 Å². The van der Waals surface area contributed by atoms with Crippen molar-refractivity contribution in [2.24, 2.45) is 0 Å². The molecule has 2 heteroatoms. The van der Waals surface area contributed by atoms with Crippen molar-refractivity contribution in [1.82, 2.24) is 0 Å².